The molecule has 6 nitrogen and oxygen atoms in total. The first-order chi connectivity index (χ1) is 14.6. The smallest absolute Gasteiger partial charge is 0.258 e. The number of aromatic nitrogens is 2. The lowest BCUT2D eigenvalue weighted by molar-refractivity contribution is -0.115. The fraction of sp³-hybridized carbons (Fsp3) is 0.125. The van der Waals surface area contributed by atoms with Gasteiger partial charge in [0.2, 0.25) is 11.7 Å². The van der Waals surface area contributed by atoms with E-state index in [1.165, 1.54) is 5.56 Å². The molecule has 0 aliphatic rings. The number of ether oxygens (including phenoxy) is 1. The normalized spacial score (nSPS) is 10.6. The van der Waals surface area contributed by atoms with Crippen molar-refractivity contribution < 1.29 is 14.1 Å². The van der Waals surface area contributed by atoms with Gasteiger partial charge in [0.1, 0.15) is 5.75 Å². The average molecular weight is 399 g/mol. The van der Waals surface area contributed by atoms with E-state index >= 15 is 0 Å². The monoisotopic (exact) mass is 399 g/mol. The second-order valence-corrected chi connectivity index (χ2v) is 6.94. The highest BCUT2D eigenvalue weighted by atomic mass is 16.5. The molecule has 3 aromatic carbocycles. The number of nitrogens with one attached hydrogen (secondary N) is 1. The number of carbonyl (C=O) groups excluding carboxylic acids is 1. The Balaban J connectivity index is 1.40. The highest BCUT2D eigenvalue weighted by Crippen LogP contribution is 2.24. The molecule has 1 heterocycles. The van der Waals surface area contributed by atoms with Gasteiger partial charge in [-0.05, 0) is 48.9 Å². The summed E-state index contributed by atoms with van der Waals surface area (Å²) in [6.07, 6.45) is 0.287. The fourth-order valence-electron chi connectivity index (χ4n) is 2.99. The van der Waals surface area contributed by atoms with Gasteiger partial charge in [-0.3, -0.25) is 4.79 Å². The molecule has 1 N–H and O–H groups in total. The molecule has 1 amide bonds. The van der Waals surface area contributed by atoms with Crippen LogP contribution in [-0.4, -0.2) is 23.2 Å². The van der Waals surface area contributed by atoms with Crippen LogP contribution in [0.2, 0.25) is 0 Å². The van der Waals surface area contributed by atoms with Crippen LogP contribution < -0.4 is 10.1 Å². The van der Waals surface area contributed by atoms with Crippen LogP contribution in [0, 0.1) is 6.92 Å². The molecule has 4 rings (SSSR count). The summed E-state index contributed by atoms with van der Waals surface area (Å²) in [5.41, 5.74) is 4.48. The largest absolute Gasteiger partial charge is 0.497 e. The number of anilines is 1. The van der Waals surface area contributed by atoms with E-state index in [1.54, 1.807) is 7.11 Å². The number of rotatable bonds is 6. The molecule has 0 spiro atoms. The van der Waals surface area contributed by atoms with Crippen LogP contribution in [0.25, 0.3) is 22.8 Å². The first-order valence-electron chi connectivity index (χ1n) is 9.55. The molecule has 0 bridgehead atoms. The molecule has 0 radical (unpaired) electrons. The minimum Gasteiger partial charge on any atom is -0.497 e. The van der Waals surface area contributed by atoms with Gasteiger partial charge in [0, 0.05) is 16.8 Å². The summed E-state index contributed by atoms with van der Waals surface area (Å²) in [7, 11) is 1.61. The van der Waals surface area contributed by atoms with E-state index in [4.69, 9.17) is 9.26 Å². The van der Waals surface area contributed by atoms with Crippen LogP contribution in [-0.2, 0) is 11.2 Å². The van der Waals surface area contributed by atoms with Crippen molar-refractivity contribution in [1.29, 1.82) is 0 Å². The quantitative estimate of drug-likeness (QED) is 0.499. The van der Waals surface area contributed by atoms with Crippen LogP contribution >= 0.6 is 0 Å². The van der Waals surface area contributed by atoms with Gasteiger partial charge in [0.25, 0.3) is 5.89 Å². The van der Waals surface area contributed by atoms with Crippen LogP contribution in [0.5, 0.6) is 5.75 Å². The second kappa shape index (κ2) is 8.61. The molecule has 0 fully saturated rings. The van der Waals surface area contributed by atoms with E-state index in [0.717, 1.165) is 22.4 Å². The standard InChI is InChI=1S/C24H21N3O3/c1-16-3-7-18(8-4-16)23-26-24(30-27-23)19-9-11-20(12-10-19)25-22(28)15-17-5-13-21(29-2)14-6-17/h3-14H,15H2,1-2H3,(H,25,28). The van der Waals surface area contributed by atoms with E-state index in [-0.39, 0.29) is 12.3 Å². The van der Waals surface area contributed by atoms with Crippen LogP contribution in [0.15, 0.2) is 77.3 Å². The Bertz CT molecular complexity index is 1130. The lowest BCUT2D eigenvalue weighted by atomic mass is 10.1. The van der Waals surface area contributed by atoms with Crippen molar-refractivity contribution in [3.8, 4) is 28.6 Å². The maximum Gasteiger partial charge on any atom is 0.258 e. The van der Waals surface area contributed by atoms with E-state index in [0.29, 0.717) is 17.4 Å². The zero-order valence-electron chi connectivity index (χ0n) is 16.8. The predicted molar refractivity (Wildman–Crippen MR) is 115 cm³/mol. The highest BCUT2D eigenvalue weighted by Gasteiger charge is 2.11. The molecule has 30 heavy (non-hydrogen) atoms. The summed E-state index contributed by atoms with van der Waals surface area (Å²) in [6, 6.07) is 22.7. The Morgan fingerprint density at radius 1 is 0.933 bits per heavy atom. The zero-order chi connectivity index (χ0) is 20.9. The van der Waals surface area contributed by atoms with Gasteiger partial charge in [-0.1, -0.05) is 47.1 Å². The Hall–Kier alpha value is -3.93. The first-order valence-corrected chi connectivity index (χ1v) is 9.55. The number of hydrogen-bond donors (Lipinski definition) is 1. The van der Waals surface area contributed by atoms with Crippen molar-refractivity contribution in [2.24, 2.45) is 0 Å². The predicted octanol–water partition coefficient (Wildman–Crippen LogP) is 4.90. The number of benzene rings is 3. The molecular formula is C24H21N3O3. The lowest BCUT2D eigenvalue weighted by Crippen LogP contribution is -2.14. The van der Waals surface area contributed by atoms with E-state index in [9.17, 15) is 4.79 Å². The number of aryl methyl sites for hydroxylation is 1. The van der Waals surface area contributed by atoms with Crippen molar-refractivity contribution in [3.05, 3.63) is 83.9 Å². The Morgan fingerprint density at radius 3 is 2.27 bits per heavy atom. The van der Waals surface area contributed by atoms with Crippen molar-refractivity contribution in [3.63, 3.8) is 0 Å². The summed E-state index contributed by atoms with van der Waals surface area (Å²) < 4.78 is 10.5. The molecule has 0 aliphatic carbocycles. The highest BCUT2D eigenvalue weighted by molar-refractivity contribution is 5.92. The number of methoxy groups -OCH3 is 1. The van der Waals surface area contributed by atoms with Crippen molar-refractivity contribution in [2.45, 2.75) is 13.3 Å². The van der Waals surface area contributed by atoms with E-state index in [2.05, 4.69) is 15.5 Å². The third-order valence-corrected chi connectivity index (χ3v) is 4.68. The van der Waals surface area contributed by atoms with Gasteiger partial charge in [0.15, 0.2) is 0 Å². The molecular weight excluding hydrogens is 378 g/mol. The van der Waals surface area contributed by atoms with Crippen molar-refractivity contribution >= 4 is 11.6 Å². The van der Waals surface area contributed by atoms with Gasteiger partial charge in [-0.25, -0.2) is 0 Å². The van der Waals surface area contributed by atoms with Gasteiger partial charge in [-0.2, -0.15) is 4.98 Å². The third kappa shape index (κ3) is 4.55. The van der Waals surface area contributed by atoms with Gasteiger partial charge < -0.3 is 14.6 Å². The molecule has 6 heteroatoms. The van der Waals surface area contributed by atoms with Crippen LogP contribution in [0.1, 0.15) is 11.1 Å². The summed E-state index contributed by atoms with van der Waals surface area (Å²) in [6.45, 7) is 2.03. The van der Waals surface area contributed by atoms with Gasteiger partial charge >= 0.3 is 0 Å². The zero-order valence-corrected chi connectivity index (χ0v) is 16.8. The van der Waals surface area contributed by atoms with Gasteiger partial charge in [-0.15, -0.1) is 0 Å². The molecule has 1 aromatic heterocycles. The lowest BCUT2D eigenvalue weighted by Gasteiger charge is -2.06. The molecule has 4 aromatic rings. The van der Waals surface area contributed by atoms with Crippen molar-refractivity contribution in [2.75, 3.05) is 12.4 Å². The SMILES string of the molecule is COc1ccc(CC(=O)Nc2ccc(-c3nc(-c4ccc(C)cc4)no3)cc2)cc1. The second-order valence-electron chi connectivity index (χ2n) is 6.94. The third-order valence-electron chi connectivity index (χ3n) is 4.68. The Kier molecular flexibility index (Phi) is 5.57. The fourth-order valence-corrected chi connectivity index (χ4v) is 2.99. The number of nitrogens with zero attached hydrogens (tertiary/aromatic N) is 2. The average Bonchev–Trinajstić information content (AvgIpc) is 3.25. The summed E-state index contributed by atoms with van der Waals surface area (Å²) >= 11 is 0. The Morgan fingerprint density at radius 2 is 1.60 bits per heavy atom. The molecule has 0 atom stereocenters. The maximum atomic E-state index is 12.3. The summed E-state index contributed by atoms with van der Waals surface area (Å²) in [5.74, 6) is 1.65. The number of carbonyl (C=O) groups is 1. The first kappa shape index (κ1) is 19.4. The Labute approximate surface area is 174 Å². The van der Waals surface area contributed by atoms with Crippen LogP contribution in [0.3, 0.4) is 0 Å². The summed E-state index contributed by atoms with van der Waals surface area (Å²) in [4.78, 5) is 16.8. The van der Waals surface area contributed by atoms with Gasteiger partial charge in [0.05, 0.1) is 13.5 Å². The topological polar surface area (TPSA) is 77.2 Å². The molecule has 0 saturated heterocycles. The minimum atomic E-state index is -0.0904. The number of amides is 1. The van der Waals surface area contributed by atoms with Crippen molar-refractivity contribution in [1.82, 2.24) is 10.1 Å². The molecule has 0 aliphatic heterocycles. The minimum absolute atomic E-state index is 0.0904. The maximum absolute atomic E-state index is 12.3. The van der Waals surface area contributed by atoms with E-state index < -0.39 is 0 Å². The molecule has 150 valence electrons. The molecule has 0 unspecified atom stereocenters. The summed E-state index contributed by atoms with van der Waals surface area (Å²) in [5, 5.41) is 6.95. The van der Waals surface area contributed by atoms with E-state index in [1.807, 2.05) is 79.7 Å². The molecule has 0 saturated carbocycles. The number of hydrogen-bond acceptors (Lipinski definition) is 5. The van der Waals surface area contributed by atoms with Crippen LogP contribution in [0.4, 0.5) is 5.69 Å².